The molecule has 2 atom stereocenters. The van der Waals surface area contributed by atoms with Crippen LogP contribution in [0.2, 0.25) is 5.02 Å². The van der Waals surface area contributed by atoms with Gasteiger partial charge in [0, 0.05) is 30.1 Å². The topological polar surface area (TPSA) is 59.5 Å². The number of fused-ring (bicyclic) bond motifs is 1. The Balaban J connectivity index is 0.00000192. The van der Waals surface area contributed by atoms with Crippen LogP contribution in [-0.4, -0.2) is 29.9 Å². The maximum absolute atomic E-state index is 12.8. The Morgan fingerprint density at radius 3 is 2.87 bits per heavy atom. The molecule has 1 aromatic carbocycles. The predicted octanol–water partition coefficient (Wildman–Crippen LogP) is 4.02. The number of aryl methyl sites for hydroxylation is 1. The number of carbonyl (C=O) groups excluding carboxylic acids is 1. The Hall–Kier alpha value is -1.23. The van der Waals surface area contributed by atoms with Crippen molar-refractivity contribution in [3.63, 3.8) is 0 Å². The van der Waals surface area contributed by atoms with Gasteiger partial charge in [-0.15, -0.1) is 12.4 Å². The third-order valence-electron chi connectivity index (χ3n) is 4.60. The number of hydrogen-bond donors (Lipinski definition) is 1. The van der Waals surface area contributed by atoms with Gasteiger partial charge in [-0.25, -0.2) is 0 Å². The number of piperidine rings is 1. The van der Waals surface area contributed by atoms with Crippen LogP contribution in [0.3, 0.4) is 0 Å². The minimum absolute atomic E-state index is 0. The van der Waals surface area contributed by atoms with Crippen molar-refractivity contribution in [2.45, 2.75) is 32.7 Å². The molecule has 6 heteroatoms. The summed E-state index contributed by atoms with van der Waals surface area (Å²) in [6.07, 6.45) is 2.06. The predicted molar refractivity (Wildman–Crippen MR) is 95.5 cm³/mol. The van der Waals surface area contributed by atoms with Gasteiger partial charge in [-0.1, -0.05) is 23.7 Å². The zero-order valence-electron chi connectivity index (χ0n) is 13.3. The molecule has 0 saturated carbocycles. The summed E-state index contributed by atoms with van der Waals surface area (Å²) in [4.78, 5) is 14.7. The number of halogens is 2. The van der Waals surface area contributed by atoms with Crippen LogP contribution in [0.4, 0.5) is 0 Å². The van der Waals surface area contributed by atoms with Crippen molar-refractivity contribution in [1.29, 1.82) is 0 Å². The van der Waals surface area contributed by atoms with Gasteiger partial charge in [-0.05, 0) is 38.7 Å². The summed E-state index contributed by atoms with van der Waals surface area (Å²) < 4.78 is 5.79. The molecular weight excluding hydrogens is 335 g/mol. The second kappa shape index (κ2) is 7.12. The Kier molecular flexibility index (Phi) is 5.61. The molecule has 1 aliphatic rings. The molecule has 1 fully saturated rings. The van der Waals surface area contributed by atoms with Crippen molar-refractivity contribution in [2.24, 2.45) is 11.7 Å². The van der Waals surface area contributed by atoms with E-state index in [1.54, 1.807) is 6.07 Å². The molecule has 0 aliphatic carbocycles. The molecule has 0 bridgehead atoms. The van der Waals surface area contributed by atoms with Crippen LogP contribution >= 0.6 is 24.0 Å². The van der Waals surface area contributed by atoms with E-state index in [4.69, 9.17) is 21.8 Å². The van der Waals surface area contributed by atoms with Gasteiger partial charge >= 0.3 is 0 Å². The lowest BCUT2D eigenvalue weighted by molar-refractivity contribution is 0.0630. The van der Waals surface area contributed by atoms with Gasteiger partial charge in [0.1, 0.15) is 0 Å². The smallest absolute Gasteiger partial charge is 0.289 e. The SMILES string of the molecule is Cc1c(C(=O)N2CCCC(C(C)N)C2)oc2c(Cl)cccc12.Cl. The van der Waals surface area contributed by atoms with E-state index >= 15 is 0 Å². The minimum Gasteiger partial charge on any atom is -0.449 e. The Morgan fingerprint density at radius 2 is 2.22 bits per heavy atom. The standard InChI is InChI=1S/C17H21ClN2O2.ClH/c1-10-13-6-3-7-14(18)16(13)22-15(10)17(21)20-8-4-5-12(9-20)11(2)19;/h3,6-7,11-12H,4-5,8-9,19H2,1-2H3;1H. The fourth-order valence-electron chi connectivity index (χ4n) is 3.18. The average Bonchev–Trinajstić information content (AvgIpc) is 2.85. The van der Waals surface area contributed by atoms with Crippen molar-refractivity contribution in [3.05, 3.63) is 34.5 Å². The van der Waals surface area contributed by atoms with Crippen LogP contribution in [0.25, 0.3) is 11.0 Å². The van der Waals surface area contributed by atoms with E-state index in [1.807, 2.05) is 30.9 Å². The van der Waals surface area contributed by atoms with Gasteiger partial charge < -0.3 is 15.1 Å². The number of furan rings is 1. The van der Waals surface area contributed by atoms with Crippen molar-refractivity contribution in [3.8, 4) is 0 Å². The molecule has 3 rings (SSSR count). The number of likely N-dealkylation sites (tertiary alicyclic amines) is 1. The number of nitrogens with zero attached hydrogens (tertiary/aromatic N) is 1. The first-order valence-electron chi connectivity index (χ1n) is 7.71. The second-order valence-electron chi connectivity index (χ2n) is 6.19. The normalized spacial score (nSPS) is 19.5. The van der Waals surface area contributed by atoms with Crippen molar-refractivity contribution < 1.29 is 9.21 Å². The summed E-state index contributed by atoms with van der Waals surface area (Å²) in [6.45, 7) is 5.36. The van der Waals surface area contributed by atoms with Gasteiger partial charge in [-0.2, -0.15) is 0 Å². The summed E-state index contributed by atoms with van der Waals surface area (Å²) in [6, 6.07) is 5.67. The zero-order chi connectivity index (χ0) is 15.9. The van der Waals surface area contributed by atoms with Gasteiger partial charge in [-0.3, -0.25) is 4.79 Å². The van der Waals surface area contributed by atoms with E-state index in [0.717, 1.165) is 30.3 Å². The Bertz CT molecular complexity index is 712. The van der Waals surface area contributed by atoms with Crippen LogP contribution in [0.1, 0.15) is 35.9 Å². The van der Waals surface area contributed by atoms with Crippen LogP contribution in [-0.2, 0) is 0 Å². The molecule has 0 radical (unpaired) electrons. The lowest BCUT2D eigenvalue weighted by Crippen LogP contribution is -2.45. The number of nitrogens with two attached hydrogens (primary N) is 1. The molecule has 1 aromatic heterocycles. The molecule has 23 heavy (non-hydrogen) atoms. The summed E-state index contributed by atoms with van der Waals surface area (Å²) in [5.74, 6) is 0.689. The highest BCUT2D eigenvalue weighted by molar-refractivity contribution is 6.35. The highest BCUT2D eigenvalue weighted by atomic mass is 35.5. The maximum Gasteiger partial charge on any atom is 0.289 e. The summed E-state index contributed by atoms with van der Waals surface area (Å²) in [7, 11) is 0. The summed E-state index contributed by atoms with van der Waals surface area (Å²) in [5, 5.41) is 1.43. The van der Waals surface area contributed by atoms with Crippen LogP contribution < -0.4 is 5.73 Å². The molecule has 2 N–H and O–H groups in total. The summed E-state index contributed by atoms with van der Waals surface area (Å²) in [5.41, 5.74) is 7.44. The van der Waals surface area contributed by atoms with E-state index in [9.17, 15) is 4.79 Å². The number of para-hydroxylation sites is 1. The third kappa shape index (κ3) is 3.35. The van der Waals surface area contributed by atoms with E-state index in [1.165, 1.54) is 0 Å². The van der Waals surface area contributed by atoms with Crippen LogP contribution in [0.5, 0.6) is 0 Å². The zero-order valence-corrected chi connectivity index (χ0v) is 14.9. The Morgan fingerprint density at radius 1 is 1.48 bits per heavy atom. The molecule has 0 spiro atoms. The van der Waals surface area contributed by atoms with Crippen LogP contribution in [0.15, 0.2) is 22.6 Å². The molecule has 126 valence electrons. The summed E-state index contributed by atoms with van der Waals surface area (Å²) >= 11 is 6.16. The first kappa shape index (κ1) is 18.1. The minimum atomic E-state index is -0.0601. The first-order valence-corrected chi connectivity index (χ1v) is 8.09. The van der Waals surface area contributed by atoms with Gasteiger partial charge in [0.05, 0.1) is 5.02 Å². The average molecular weight is 357 g/mol. The highest BCUT2D eigenvalue weighted by Crippen LogP contribution is 2.32. The van der Waals surface area contributed by atoms with Gasteiger partial charge in [0.25, 0.3) is 5.91 Å². The molecule has 1 aliphatic heterocycles. The molecule has 2 heterocycles. The molecular formula is C17H22Cl2N2O2. The number of amides is 1. The van der Waals surface area contributed by atoms with Crippen molar-refractivity contribution in [1.82, 2.24) is 4.90 Å². The molecule has 1 saturated heterocycles. The lowest BCUT2D eigenvalue weighted by atomic mass is 9.92. The largest absolute Gasteiger partial charge is 0.449 e. The number of benzene rings is 1. The highest BCUT2D eigenvalue weighted by Gasteiger charge is 2.29. The molecule has 1 amide bonds. The molecule has 2 unspecified atom stereocenters. The number of carbonyl (C=O) groups is 1. The quantitative estimate of drug-likeness (QED) is 0.883. The van der Waals surface area contributed by atoms with Crippen LogP contribution in [0, 0.1) is 12.8 Å². The van der Waals surface area contributed by atoms with Gasteiger partial charge in [0.15, 0.2) is 11.3 Å². The van der Waals surface area contributed by atoms with Gasteiger partial charge in [0.2, 0.25) is 0 Å². The first-order chi connectivity index (χ1) is 10.5. The number of rotatable bonds is 2. The third-order valence-corrected chi connectivity index (χ3v) is 4.90. The van der Waals surface area contributed by atoms with Crippen molar-refractivity contribution >= 4 is 40.9 Å². The maximum atomic E-state index is 12.8. The Labute approximate surface area is 147 Å². The molecule has 4 nitrogen and oxygen atoms in total. The van der Waals surface area contributed by atoms with E-state index in [-0.39, 0.29) is 24.4 Å². The monoisotopic (exact) mass is 356 g/mol. The van der Waals surface area contributed by atoms with Crippen molar-refractivity contribution in [2.75, 3.05) is 13.1 Å². The fraction of sp³-hybridized carbons (Fsp3) is 0.471. The van der Waals surface area contributed by atoms with E-state index in [0.29, 0.717) is 28.8 Å². The number of hydrogen-bond acceptors (Lipinski definition) is 3. The fourth-order valence-corrected chi connectivity index (χ4v) is 3.39. The van der Waals surface area contributed by atoms with E-state index in [2.05, 4.69) is 0 Å². The lowest BCUT2D eigenvalue weighted by Gasteiger charge is -2.34. The van der Waals surface area contributed by atoms with E-state index < -0.39 is 0 Å². The second-order valence-corrected chi connectivity index (χ2v) is 6.59. The molecule has 2 aromatic rings.